The maximum atomic E-state index is 12.0. The van der Waals surface area contributed by atoms with Crippen LogP contribution < -0.4 is 5.32 Å². The summed E-state index contributed by atoms with van der Waals surface area (Å²) in [4.78, 5) is 32.5. The van der Waals surface area contributed by atoms with E-state index >= 15 is 0 Å². The molecular formula is C19H18N4O2. The molecule has 0 saturated carbocycles. The highest BCUT2D eigenvalue weighted by atomic mass is 16.2. The first-order chi connectivity index (χ1) is 12.1. The van der Waals surface area contributed by atoms with Crippen LogP contribution in [0.5, 0.6) is 0 Å². The summed E-state index contributed by atoms with van der Waals surface area (Å²) >= 11 is 0. The number of nitrogens with one attached hydrogen (secondary N) is 1. The number of aromatic nitrogens is 3. The van der Waals surface area contributed by atoms with Gasteiger partial charge in [0.2, 0.25) is 5.91 Å². The number of anilines is 1. The maximum absolute atomic E-state index is 12.0. The van der Waals surface area contributed by atoms with Crippen LogP contribution in [0.2, 0.25) is 0 Å². The third-order valence-corrected chi connectivity index (χ3v) is 3.78. The van der Waals surface area contributed by atoms with Gasteiger partial charge < -0.3 is 5.32 Å². The Morgan fingerprint density at radius 2 is 1.84 bits per heavy atom. The molecule has 25 heavy (non-hydrogen) atoms. The van der Waals surface area contributed by atoms with E-state index in [4.69, 9.17) is 0 Å². The number of nitrogens with zero attached hydrogens (tertiary/aromatic N) is 3. The zero-order valence-electron chi connectivity index (χ0n) is 13.8. The Balaban J connectivity index is 1.55. The first-order valence-electron chi connectivity index (χ1n) is 7.98. The summed E-state index contributed by atoms with van der Waals surface area (Å²) in [6.07, 6.45) is 5.43. The highest BCUT2D eigenvalue weighted by Gasteiger charge is 2.10. The summed E-state index contributed by atoms with van der Waals surface area (Å²) < 4.78 is 1.85. The van der Waals surface area contributed by atoms with Crippen molar-refractivity contribution in [2.75, 3.05) is 5.32 Å². The van der Waals surface area contributed by atoms with E-state index in [0.717, 1.165) is 11.6 Å². The second-order valence-corrected chi connectivity index (χ2v) is 5.59. The van der Waals surface area contributed by atoms with Crippen molar-refractivity contribution in [3.63, 3.8) is 0 Å². The molecule has 126 valence electrons. The van der Waals surface area contributed by atoms with E-state index in [1.54, 1.807) is 36.7 Å². The second-order valence-electron chi connectivity index (χ2n) is 5.59. The predicted octanol–water partition coefficient (Wildman–Crippen LogP) is 3.18. The largest absolute Gasteiger partial charge is 0.325 e. The minimum absolute atomic E-state index is 0.0418. The Morgan fingerprint density at radius 1 is 1.04 bits per heavy atom. The lowest BCUT2D eigenvalue weighted by atomic mass is 10.1. The molecule has 0 unspecified atom stereocenters. The van der Waals surface area contributed by atoms with Crippen LogP contribution in [0.15, 0.2) is 61.1 Å². The number of imidazole rings is 1. The van der Waals surface area contributed by atoms with Gasteiger partial charge in [0.05, 0.1) is 11.9 Å². The van der Waals surface area contributed by atoms with Crippen LogP contribution in [0.3, 0.4) is 0 Å². The number of ketones is 1. The molecule has 1 amide bonds. The van der Waals surface area contributed by atoms with Crippen LogP contribution >= 0.6 is 0 Å². The summed E-state index contributed by atoms with van der Waals surface area (Å²) in [5, 5.41) is 2.76. The molecule has 0 aliphatic carbocycles. The fourth-order valence-electron chi connectivity index (χ4n) is 2.44. The van der Waals surface area contributed by atoms with E-state index in [-0.39, 0.29) is 24.5 Å². The fraction of sp³-hybridized carbons (Fsp3) is 0.158. The Bertz CT molecular complexity index is 870. The summed E-state index contributed by atoms with van der Waals surface area (Å²) in [6, 6.07) is 12.6. The Labute approximate surface area is 145 Å². The van der Waals surface area contributed by atoms with Crippen molar-refractivity contribution in [3.8, 4) is 5.82 Å². The SMILES string of the molecule is Cc1nccn1-c1ccc(NC(=O)CCC(=O)c2ccccc2)cn1. The van der Waals surface area contributed by atoms with Crippen molar-refractivity contribution in [2.45, 2.75) is 19.8 Å². The number of aryl methyl sites for hydroxylation is 1. The zero-order valence-corrected chi connectivity index (χ0v) is 13.8. The number of amides is 1. The Hall–Kier alpha value is -3.28. The predicted molar refractivity (Wildman–Crippen MR) is 94.7 cm³/mol. The molecule has 0 saturated heterocycles. The molecule has 3 rings (SSSR count). The minimum atomic E-state index is -0.211. The van der Waals surface area contributed by atoms with Crippen LogP contribution in [-0.2, 0) is 4.79 Å². The summed E-state index contributed by atoms with van der Waals surface area (Å²) in [5.41, 5.74) is 1.22. The number of hydrogen-bond acceptors (Lipinski definition) is 4. The van der Waals surface area contributed by atoms with Crippen LogP contribution in [0, 0.1) is 6.92 Å². The van der Waals surface area contributed by atoms with Crippen LogP contribution in [0.1, 0.15) is 29.0 Å². The molecule has 6 nitrogen and oxygen atoms in total. The van der Waals surface area contributed by atoms with Gasteiger partial charge in [-0.1, -0.05) is 30.3 Å². The molecule has 2 heterocycles. The molecular weight excluding hydrogens is 316 g/mol. The lowest BCUT2D eigenvalue weighted by Crippen LogP contribution is -2.14. The Morgan fingerprint density at radius 3 is 2.48 bits per heavy atom. The summed E-state index contributed by atoms with van der Waals surface area (Å²) in [6.45, 7) is 1.89. The van der Waals surface area contributed by atoms with Gasteiger partial charge in [0, 0.05) is 30.8 Å². The normalized spacial score (nSPS) is 10.4. The van der Waals surface area contributed by atoms with Gasteiger partial charge in [0.15, 0.2) is 5.78 Å². The molecule has 0 radical (unpaired) electrons. The van der Waals surface area contributed by atoms with Gasteiger partial charge in [-0.3, -0.25) is 14.2 Å². The third kappa shape index (κ3) is 4.17. The molecule has 0 aliphatic heterocycles. The van der Waals surface area contributed by atoms with Gasteiger partial charge in [-0.2, -0.15) is 0 Å². The highest BCUT2D eigenvalue weighted by Crippen LogP contribution is 2.12. The minimum Gasteiger partial charge on any atom is -0.325 e. The van der Waals surface area contributed by atoms with E-state index in [1.165, 1.54) is 0 Å². The quantitative estimate of drug-likeness (QED) is 0.702. The molecule has 0 aliphatic rings. The average Bonchev–Trinajstić information content (AvgIpc) is 3.07. The molecule has 0 atom stereocenters. The lowest BCUT2D eigenvalue weighted by molar-refractivity contribution is -0.116. The number of carbonyl (C=O) groups excluding carboxylic acids is 2. The smallest absolute Gasteiger partial charge is 0.224 e. The second kappa shape index (κ2) is 7.53. The number of benzene rings is 1. The number of pyridine rings is 1. The van der Waals surface area contributed by atoms with E-state index in [2.05, 4.69) is 15.3 Å². The highest BCUT2D eigenvalue weighted by molar-refractivity contribution is 5.99. The van der Waals surface area contributed by atoms with E-state index in [1.807, 2.05) is 35.9 Å². The molecule has 1 N–H and O–H groups in total. The average molecular weight is 334 g/mol. The van der Waals surface area contributed by atoms with Crippen LogP contribution in [0.25, 0.3) is 5.82 Å². The molecule has 0 fully saturated rings. The molecule has 3 aromatic rings. The van der Waals surface area contributed by atoms with Crippen molar-refractivity contribution in [1.29, 1.82) is 0 Å². The number of carbonyl (C=O) groups is 2. The Kier molecular flexibility index (Phi) is 4.99. The topological polar surface area (TPSA) is 76.9 Å². The van der Waals surface area contributed by atoms with E-state index in [9.17, 15) is 9.59 Å². The van der Waals surface area contributed by atoms with Crippen molar-refractivity contribution < 1.29 is 9.59 Å². The number of Topliss-reactive ketones (excluding diaryl/α,β-unsaturated/α-hetero) is 1. The van der Waals surface area contributed by atoms with Gasteiger partial charge in [0.1, 0.15) is 11.6 Å². The molecule has 0 spiro atoms. The lowest BCUT2D eigenvalue weighted by Gasteiger charge is -2.07. The molecule has 0 bridgehead atoms. The standard InChI is InChI=1S/C19H18N4O2/c1-14-20-11-12-23(14)18-9-7-16(13-21-18)22-19(25)10-8-17(24)15-5-3-2-4-6-15/h2-7,9,11-13H,8,10H2,1H3,(H,22,25). The van der Waals surface area contributed by atoms with Crippen LogP contribution in [-0.4, -0.2) is 26.2 Å². The van der Waals surface area contributed by atoms with Gasteiger partial charge in [0.25, 0.3) is 0 Å². The maximum Gasteiger partial charge on any atom is 0.224 e. The molecule has 1 aromatic carbocycles. The van der Waals surface area contributed by atoms with Gasteiger partial charge in [-0.05, 0) is 19.1 Å². The van der Waals surface area contributed by atoms with Gasteiger partial charge in [-0.15, -0.1) is 0 Å². The van der Waals surface area contributed by atoms with Gasteiger partial charge in [-0.25, -0.2) is 9.97 Å². The van der Waals surface area contributed by atoms with Crippen LogP contribution in [0.4, 0.5) is 5.69 Å². The first kappa shape index (κ1) is 16.6. The molecule has 2 aromatic heterocycles. The monoisotopic (exact) mass is 334 g/mol. The van der Waals surface area contributed by atoms with E-state index in [0.29, 0.717) is 11.3 Å². The molecule has 6 heteroatoms. The number of hydrogen-bond donors (Lipinski definition) is 1. The van der Waals surface area contributed by atoms with Gasteiger partial charge >= 0.3 is 0 Å². The summed E-state index contributed by atoms with van der Waals surface area (Å²) in [5.74, 6) is 1.31. The van der Waals surface area contributed by atoms with Crippen molar-refractivity contribution in [1.82, 2.24) is 14.5 Å². The summed E-state index contributed by atoms with van der Waals surface area (Å²) in [7, 11) is 0. The van der Waals surface area contributed by atoms with Crippen molar-refractivity contribution in [3.05, 3.63) is 72.4 Å². The first-order valence-corrected chi connectivity index (χ1v) is 7.98. The fourth-order valence-corrected chi connectivity index (χ4v) is 2.44. The number of rotatable bonds is 6. The van der Waals surface area contributed by atoms with Crippen molar-refractivity contribution in [2.24, 2.45) is 0 Å². The van der Waals surface area contributed by atoms with E-state index < -0.39 is 0 Å². The third-order valence-electron chi connectivity index (χ3n) is 3.78. The zero-order chi connectivity index (χ0) is 17.6. The van der Waals surface area contributed by atoms with Crippen molar-refractivity contribution >= 4 is 17.4 Å².